The third kappa shape index (κ3) is 3.70. The molecule has 0 bridgehead atoms. The fraction of sp³-hybridized carbons (Fsp3) is 0.571. The van der Waals surface area contributed by atoms with E-state index in [2.05, 4.69) is 15.9 Å². The van der Waals surface area contributed by atoms with Crippen molar-refractivity contribution in [2.45, 2.75) is 25.9 Å². The summed E-state index contributed by atoms with van der Waals surface area (Å²) in [5.41, 5.74) is 0.207. The number of rotatable bonds is 6. The molecule has 0 aliphatic carbocycles. The van der Waals surface area contributed by atoms with Gasteiger partial charge in [-0.25, -0.2) is 0 Å². The molecule has 0 saturated carbocycles. The molecule has 0 spiro atoms. The fourth-order valence-electron chi connectivity index (χ4n) is 1.85. The van der Waals surface area contributed by atoms with E-state index in [9.17, 15) is 5.11 Å². The first kappa shape index (κ1) is 15.5. The maximum absolute atomic E-state index is 10.6. The van der Waals surface area contributed by atoms with Gasteiger partial charge in [-0.05, 0) is 39.5 Å². The summed E-state index contributed by atoms with van der Waals surface area (Å²) in [4.78, 5) is 0. The molecule has 0 aliphatic heterocycles. The van der Waals surface area contributed by atoms with Crippen molar-refractivity contribution in [2.75, 3.05) is 20.8 Å². The Morgan fingerprint density at radius 2 is 2.00 bits per heavy atom. The van der Waals surface area contributed by atoms with Crippen LogP contribution in [0.5, 0.6) is 5.75 Å². The second-order valence-corrected chi connectivity index (χ2v) is 5.69. The number of halogens is 1. The zero-order chi connectivity index (χ0) is 13.8. The molecule has 3 nitrogen and oxygen atoms in total. The SMILES string of the molecule is COCC(O)(Cc1ccc(OC)c(Br)c1)C(C)C. The largest absolute Gasteiger partial charge is 0.496 e. The summed E-state index contributed by atoms with van der Waals surface area (Å²) in [7, 11) is 3.24. The average molecular weight is 317 g/mol. The van der Waals surface area contributed by atoms with Crippen molar-refractivity contribution in [1.82, 2.24) is 0 Å². The summed E-state index contributed by atoms with van der Waals surface area (Å²) in [6, 6.07) is 5.83. The van der Waals surface area contributed by atoms with Gasteiger partial charge >= 0.3 is 0 Å². The zero-order valence-electron chi connectivity index (χ0n) is 11.4. The van der Waals surface area contributed by atoms with Gasteiger partial charge in [-0.3, -0.25) is 0 Å². The number of hydrogen-bond donors (Lipinski definition) is 1. The van der Waals surface area contributed by atoms with Crippen LogP contribution in [0.4, 0.5) is 0 Å². The van der Waals surface area contributed by atoms with Crippen LogP contribution in [0.2, 0.25) is 0 Å². The number of methoxy groups -OCH3 is 2. The van der Waals surface area contributed by atoms with E-state index in [0.29, 0.717) is 13.0 Å². The standard InChI is InChI=1S/C14H21BrO3/c1-10(2)14(16,9-17-3)8-11-5-6-13(18-4)12(15)7-11/h5-7,10,16H,8-9H2,1-4H3. The average Bonchev–Trinajstić information content (AvgIpc) is 2.29. The van der Waals surface area contributed by atoms with Crippen molar-refractivity contribution in [3.05, 3.63) is 28.2 Å². The minimum Gasteiger partial charge on any atom is -0.496 e. The Hall–Kier alpha value is -0.580. The van der Waals surface area contributed by atoms with Crippen LogP contribution in [0.3, 0.4) is 0 Å². The van der Waals surface area contributed by atoms with Crippen LogP contribution in [-0.2, 0) is 11.2 Å². The highest BCUT2D eigenvalue weighted by atomic mass is 79.9. The van der Waals surface area contributed by atoms with E-state index in [1.165, 1.54) is 0 Å². The van der Waals surface area contributed by atoms with E-state index in [0.717, 1.165) is 15.8 Å². The zero-order valence-corrected chi connectivity index (χ0v) is 13.0. The Balaban J connectivity index is 2.91. The van der Waals surface area contributed by atoms with Gasteiger partial charge < -0.3 is 14.6 Å². The van der Waals surface area contributed by atoms with Gasteiger partial charge in [-0.2, -0.15) is 0 Å². The number of aliphatic hydroxyl groups is 1. The normalized spacial score (nSPS) is 14.6. The first-order valence-corrected chi connectivity index (χ1v) is 6.76. The van der Waals surface area contributed by atoms with E-state index in [1.54, 1.807) is 14.2 Å². The second-order valence-electron chi connectivity index (χ2n) is 4.84. The lowest BCUT2D eigenvalue weighted by molar-refractivity contribution is -0.0637. The lowest BCUT2D eigenvalue weighted by atomic mass is 9.85. The Labute approximate surface area is 117 Å². The molecule has 1 N–H and O–H groups in total. The third-order valence-electron chi connectivity index (χ3n) is 3.20. The van der Waals surface area contributed by atoms with Crippen LogP contribution < -0.4 is 4.74 Å². The summed E-state index contributed by atoms with van der Waals surface area (Å²) in [6.07, 6.45) is 0.557. The van der Waals surface area contributed by atoms with Gasteiger partial charge in [0.15, 0.2) is 0 Å². The molecule has 1 atom stereocenters. The summed E-state index contributed by atoms with van der Waals surface area (Å²) >= 11 is 3.45. The van der Waals surface area contributed by atoms with Crippen molar-refractivity contribution >= 4 is 15.9 Å². The molecule has 1 rings (SSSR count). The van der Waals surface area contributed by atoms with Crippen molar-refractivity contribution in [2.24, 2.45) is 5.92 Å². The molecule has 1 aromatic rings. The molecule has 0 aromatic heterocycles. The predicted octanol–water partition coefficient (Wildman–Crippen LogP) is 3.03. The van der Waals surface area contributed by atoms with Crippen LogP contribution in [0, 0.1) is 5.92 Å². The lowest BCUT2D eigenvalue weighted by Crippen LogP contribution is -2.42. The molecule has 0 aliphatic rings. The van der Waals surface area contributed by atoms with E-state index in [1.807, 2.05) is 32.0 Å². The maximum Gasteiger partial charge on any atom is 0.133 e. The molecule has 18 heavy (non-hydrogen) atoms. The maximum atomic E-state index is 10.6. The second kappa shape index (κ2) is 6.55. The smallest absolute Gasteiger partial charge is 0.133 e. The Kier molecular flexibility index (Phi) is 5.63. The molecule has 0 amide bonds. The molecule has 0 heterocycles. The van der Waals surface area contributed by atoms with Crippen molar-refractivity contribution in [1.29, 1.82) is 0 Å². The van der Waals surface area contributed by atoms with Gasteiger partial charge in [-0.15, -0.1) is 0 Å². The molecular formula is C14H21BrO3. The van der Waals surface area contributed by atoms with Gasteiger partial charge in [0.25, 0.3) is 0 Å². The highest BCUT2D eigenvalue weighted by molar-refractivity contribution is 9.10. The van der Waals surface area contributed by atoms with Crippen LogP contribution >= 0.6 is 15.9 Å². The molecule has 0 radical (unpaired) electrons. The number of ether oxygens (including phenoxy) is 2. The first-order valence-electron chi connectivity index (χ1n) is 5.96. The van der Waals surface area contributed by atoms with Gasteiger partial charge in [0.05, 0.1) is 23.8 Å². The number of hydrogen-bond acceptors (Lipinski definition) is 3. The van der Waals surface area contributed by atoms with Crippen LogP contribution in [0.15, 0.2) is 22.7 Å². The van der Waals surface area contributed by atoms with Crippen LogP contribution in [0.1, 0.15) is 19.4 Å². The Morgan fingerprint density at radius 3 is 2.44 bits per heavy atom. The Bertz CT molecular complexity index is 393. The van der Waals surface area contributed by atoms with Crippen LogP contribution in [-0.4, -0.2) is 31.5 Å². The predicted molar refractivity (Wildman–Crippen MR) is 76.1 cm³/mol. The van der Waals surface area contributed by atoms with E-state index < -0.39 is 5.60 Å². The van der Waals surface area contributed by atoms with E-state index in [-0.39, 0.29) is 5.92 Å². The third-order valence-corrected chi connectivity index (χ3v) is 3.82. The first-order chi connectivity index (χ1) is 8.42. The molecule has 1 aromatic carbocycles. The van der Waals surface area contributed by atoms with E-state index >= 15 is 0 Å². The molecule has 4 heteroatoms. The minimum absolute atomic E-state index is 0.123. The van der Waals surface area contributed by atoms with Crippen LogP contribution in [0.25, 0.3) is 0 Å². The summed E-state index contributed by atoms with van der Waals surface area (Å²) in [5, 5.41) is 10.6. The lowest BCUT2D eigenvalue weighted by Gasteiger charge is -2.31. The monoisotopic (exact) mass is 316 g/mol. The van der Waals surface area contributed by atoms with Gasteiger partial charge in [0.2, 0.25) is 0 Å². The van der Waals surface area contributed by atoms with Crippen molar-refractivity contribution in [3.8, 4) is 5.75 Å². The van der Waals surface area contributed by atoms with Gasteiger partial charge in [-0.1, -0.05) is 19.9 Å². The van der Waals surface area contributed by atoms with Crippen molar-refractivity contribution in [3.63, 3.8) is 0 Å². The molecule has 1 unspecified atom stereocenters. The highest BCUT2D eigenvalue weighted by Gasteiger charge is 2.31. The quantitative estimate of drug-likeness (QED) is 0.876. The van der Waals surface area contributed by atoms with Gasteiger partial charge in [0, 0.05) is 13.5 Å². The number of benzene rings is 1. The van der Waals surface area contributed by atoms with Gasteiger partial charge in [0.1, 0.15) is 5.75 Å². The highest BCUT2D eigenvalue weighted by Crippen LogP contribution is 2.29. The summed E-state index contributed by atoms with van der Waals surface area (Å²) in [6.45, 7) is 4.32. The fourth-order valence-corrected chi connectivity index (χ4v) is 2.43. The summed E-state index contributed by atoms with van der Waals surface area (Å²) < 4.78 is 11.2. The van der Waals surface area contributed by atoms with E-state index in [4.69, 9.17) is 9.47 Å². The minimum atomic E-state index is -0.844. The Morgan fingerprint density at radius 1 is 1.33 bits per heavy atom. The topological polar surface area (TPSA) is 38.7 Å². The molecule has 0 saturated heterocycles. The molecular weight excluding hydrogens is 296 g/mol. The molecule has 102 valence electrons. The summed E-state index contributed by atoms with van der Waals surface area (Å²) in [5.74, 6) is 0.914. The van der Waals surface area contributed by atoms with Crippen molar-refractivity contribution < 1.29 is 14.6 Å². The molecule has 0 fully saturated rings.